The minimum Gasteiger partial charge on any atom is -0.459 e. The van der Waals surface area contributed by atoms with E-state index in [-0.39, 0.29) is 11.9 Å². The van der Waals surface area contributed by atoms with Crippen molar-refractivity contribution < 1.29 is 8.81 Å². The fourth-order valence-electron chi connectivity index (χ4n) is 2.11. The third kappa shape index (κ3) is 1.74. The zero-order chi connectivity index (χ0) is 12.7. The second-order valence-corrected chi connectivity index (χ2v) is 5.20. The molecule has 2 heterocycles. The van der Waals surface area contributed by atoms with Crippen LogP contribution >= 0.6 is 11.3 Å². The molecule has 2 aromatic heterocycles. The second kappa shape index (κ2) is 4.23. The summed E-state index contributed by atoms with van der Waals surface area (Å²) in [6.07, 6.45) is 0. The topological polar surface area (TPSA) is 39.2 Å². The summed E-state index contributed by atoms with van der Waals surface area (Å²) in [6.45, 7) is 1.91. The number of fused-ring (bicyclic) bond motifs is 1. The maximum atomic E-state index is 13.2. The molecule has 92 valence electrons. The lowest BCUT2D eigenvalue weighted by atomic mass is 10.1. The van der Waals surface area contributed by atoms with E-state index in [1.807, 2.05) is 24.4 Å². The molecule has 0 fully saturated rings. The van der Waals surface area contributed by atoms with Gasteiger partial charge in [-0.15, -0.1) is 11.3 Å². The average Bonchev–Trinajstić information content (AvgIpc) is 2.98. The summed E-state index contributed by atoms with van der Waals surface area (Å²) in [5.41, 5.74) is 7.77. The van der Waals surface area contributed by atoms with Crippen molar-refractivity contribution in [2.45, 2.75) is 13.0 Å². The van der Waals surface area contributed by atoms with Gasteiger partial charge in [0, 0.05) is 15.8 Å². The van der Waals surface area contributed by atoms with Crippen molar-refractivity contribution in [2.24, 2.45) is 5.73 Å². The minimum absolute atomic E-state index is 0.261. The van der Waals surface area contributed by atoms with E-state index in [2.05, 4.69) is 0 Å². The van der Waals surface area contributed by atoms with Gasteiger partial charge in [0.15, 0.2) is 0 Å². The van der Waals surface area contributed by atoms with Crippen molar-refractivity contribution in [3.05, 3.63) is 57.7 Å². The predicted molar refractivity (Wildman–Crippen MR) is 71.3 cm³/mol. The molecule has 18 heavy (non-hydrogen) atoms. The number of hydrogen-bond donors (Lipinski definition) is 1. The zero-order valence-electron chi connectivity index (χ0n) is 9.81. The summed E-state index contributed by atoms with van der Waals surface area (Å²) in [6, 6.07) is 8.16. The van der Waals surface area contributed by atoms with Crippen LogP contribution in [0.3, 0.4) is 0 Å². The molecule has 0 saturated carbocycles. The van der Waals surface area contributed by atoms with E-state index in [0.29, 0.717) is 11.3 Å². The molecular weight excluding hydrogens is 249 g/mol. The maximum Gasteiger partial charge on any atom is 0.134 e. The smallest absolute Gasteiger partial charge is 0.134 e. The van der Waals surface area contributed by atoms with Crippen LogP contribution in [0.5, 0.6) is 0 Å². The number of benzene rings is 1. The van der Waals surface area contributed by atoms with Crippen molar-refractivity contribution in [2.75, 3.05) is 0 Å². The predicted octanol–water partition coefficient (Wildman–Crippen LogP) is 3.99. The van der Waals surface area contributed by atoms with Gasteiger partial charge < -0.3 is 10.2 Å². The molecule has 0 radical (unpaired) electrons. The van der Waals surface area contributed by atoms with Gasteiger partial charge in [0.25, 0.3) is 0 Å². The SMILES string of the molecule is Cc1c(C(N)c2cccs2)oc2ccc(F)cc12. The molecule has 1 unspecified atom stereocenters. The van der Waals surface area contributed by atoms with Crippen LogP contribution in [0.4, 0.5) is 4.39 Å². The highest BCUT2D eigenvalue weighted by molar-refractivity contribution is 7.10. The molecule has 0 saturated heterocycles. The molecule has 0 aliphatic rings. The number of thiophene rings is 1. The Labute approximate surface area is 108 Å². The van der Waals surface area contributed by atoms with Crippen LogP contribution in [-0.4, -0.2) is 0 Å². The Bertz CT molecular complexity index is 687. The van der Waals surface area contributed by atoms with E-state index in [1.54, 1.807) is 17.4 Å². The number of rotatable bonds is 2. The lowest BCUT2D eigenvalue weighted by molar-refractivity contribution is 0.523. The highest BCUT2D eigenvalue weighted by Crippen LogP contribution is 2.33. The Morgan fingerprint density at radius 3 is 2.89 bits per heavy atom. The van der Waals surface area contributed by atoms with Crippen LogP contribution in [0, 0.1) is 12.7 Å². The summed E-state index contributed by atoms with van der Waals surface area (Å²) in [5.74, 6) is 0.445. The van der Waals surface area contributed by atoms with Gasteiger partial charge in [-0.3, -0.25) is 0 Å². The molecular formula is C14H12FNOS. The van der Waals surface area contributed by atoms with Crippen LogP contribution in [0.2, 0.25) is 0 Å². The molecule has 3 aromatic rings. The lowest BCUT2D eigenvalue weighted by Crippen LogP contribution is -2.10. The Kier molecular flexibility index (Phi) is 2.69. The van der Waals surface area contributed by atoms with Crippen LogP contribution in [0.25, 0.3) is 11.0 Å². The summed E-state index contributed by atoms with van der Waals surface area (Å²) >= 11 is 1.59. The molecule has 0 aliphatic heterocycles. The van der Waals surface area contributed by atoms with Gasteiger partial charge in [0.2, 0.25) is 0 Å². The van der Waals surface area contributed by atoms with E-state index >= 15 is 0 Å². The molecule has 0 spiro atoms. The molecule has 1 atom stereocenters. The van der Waals surface area contributed by atoms with Crippen molar-refractivity contribution in [1.29, 1.82) is 0 Å². The Hall–Kier alpha value is -1.65. The summed E-state index contributed by atoms with van der Waals surface area (Å²) in [5, 5.41) is 2.77. The Balaban J connectivity index is 2.15. The molecule has 3 rings (SSSR count). The molecule has 2 nitrogen and oxygen atoms in total. The molecule has 2 N–H and O–H groups in total. The Morgan fingerprint density at radius 1 is 1.33 bits per heavy atom. The summed E-state index contributed by atoms with van der Waals surface area (Å²) in [7, 11) is 0. The lowest BCUT2D eigenvalue weighted by Gasteiger charge is -2.06. The average molecular weight is 261 g/mol. The summed E-state index contributed by atoms with van der Waals surface area (Å²) < 4.78 is 19.0. The molecule has 4 heteroatoms. The van der Waals surface area contributed by atoms with Crippen molar-refractivity contribution in [3.8, 4) is 0 Å². The van der Waals surface area contributed by atoms with Gasteiger partial charge in [-0.05, 0) is 36.6 Å². The number of furan rings is 1. The van der Waals surface area contributed by atoms with Crippen molar-refractivity contribution in [3.63, 3.8) is 0 Å². The fourth-order valence-corrected chi connectivity index (χ4v) is 2.83. The van der Waals surface area contributed by atoms with Crippen LogP contribution in [-0.2, 0) is 0 Å². The first-order valence-corrected chi connectivity index (χ1v) is 6.52. The number of hydrogen-bond acceptors (Lipinski definition) is 3. The second-order valence-electron chi connectivity index (χ2n) is 4.22. The molecule has 0 bridgehead atoms. The van der Waals surface area contributed by atoms with E-state index in [9.17, 15) is 4.39 Å². The van der Waals surface area contributed by atoms with Crippen LogP contribution in [0.15, 0.2) is 40.1 Å². The Morgan fingerprint density at radius 2 is 2.17 bits per heavy atom. The standard InChI is InChI=1S/C14H12FNOS/c1-8-10-7-9(15)4-5-11(10)17-14(8)13(16)12-3-2-6-18-12/h2-7,13H,16H2,1H3. The molecule has 1 aromatic carbocycles. The normalized spacial score (nSPS) is 13.1. The third-order valence-corrected chi connectivity index (χ3v) is 4.02. The van der Waals surface area contributed by atoms with Gasteiger partial charge >= 0.3 is 0 Å². The highest BCUT2D eigenvalue weighted by Gasteiger charge is 2.19. The van der Waals surface area contributed by atoms with Crippen molar-refractivity contribution >= 4 is 22.3 Å². The van der Waals surface area contributed by atoms with Gasteiger partial charge in [-0.25, -0.2) is 4.39 Å². The number of nitrogens with two attached hydrogens (primary N) is 1. The van der Waals surface area contributed by atoms with E-state index in [0.717, 1.165) is 15.8 Å². The van der Waals surface area contributed by atoms with E-state index in [4.69, 9.17) is 10.2 Å². The first kappa shape index (κ1) is 11.4. The number of halogens is 1. The highest BCUT2D eigenvalue weighted by atomic mass is 32.1. The third-order valence-electron chi connectivity index (χ3n) is 3.07. The van der Waals surface area contributed by atoms with Gasteiger partial charge in [0.05, 0.1) is 6.04 Å². The van der Waals surface area contributed by atoms with Crippen molar-refractivity contribution in [1.82, 2.24) is 0 Å². The maximum absolute atomic E-state index is 13.2. The largest absolute Gasteiger partial charge is 0.459 e. The first-order valence-electron chi connectivity index (χ1n) is 5.64. The number of aryl methyl sites for hydroxylation is 1. The molecule has 0 aliphatic carbocycles. The van der Waals surface area contributed by atoms with Crippen LogP contribution < -0.4 is 5.73 Å². The van der Waals surface area contributed by atoms with Crippen LogP contribution in [0.1, 0.15) is 22.2 Å². The molecule has 0 amide bonds. The monoisotopic (exact) mass is 261 g/mol. The minimum atomic E-state index is -0.291. The quantitative estimate of drug-likeness (QED) is 0.757. The first-order chi connectivity index (χ1) is 8.66. The van der Waals surface area contributed by atoms with Gasteiger partial charge in [-0.1, -0.05) is 6.07 Å². The summed E-state index contributed by atoms with van der Waals surface area (Å²) in [4.78, 5) is 1.04. The van der Waals surface area contributed by atoms with E-state index < -0.39 is 0 Å². The van der Waals surface area contributed by atoms with Gasteiger partial charge in [0.1, 0.15) is 17.2 Å². The zero-order valence-corrected chi connectivity index (χ0v) is 10.6. The van der Waals surface area contributed by atoms with E-state index in [1.165, 1.54) is 12.1 Å². The fraction of sp³-hybridized carbons (Fsp3) is 0.143. The van der Waals surface area contributed by atoms with Gasteiger partial charge in [-0.2, -0.15) is 0 Å².